The van der Waals surface area contributed by atoms with Crippen molar-refractivity contribution in [2.45, 2.75) is 12.8 Å². The van der Waals surface area contributed by atoms with E-state index >= 15 is 0 Å². The Morgan fingerprint density at radius 1 is 1.50 bits per heavy atom. The minimum absolute atomic E-state index is 0. The van der Waals surface area contributed by atoms with Gasteiger partial charge in [-0.3, -0.25) is 4.79 Å². The van der Waals surface area contributed by atoms with Crippen LogP contribution in [0.25, 0.3) is 0 Å². The molecule has 0 aliphatic carbocycles. The van der Waals surface area contributed by atoms with Crippen LogP contribution in [0.3, 0.4) is 0 Å². The first kappa shape index (κ1) is 15.3. The van der Waals surface area contributed by atoms with Crippen LogP contribution in [0.2, 0.25) is 0 Å². The third kappa shape index (κ3) is 3.86. The van der Waals surface area contributed by atoms with Gasteiger partial charge in [0.05, 0.1) is 11.6 Å². The van der Waals surface area contributed by atoms with Crippen LogP contribution < -0.4 is 10.6 Å². The molecule has 1 fully saturated rings. The Morgan fingerprint density at radius 3 is 2.94 bits per heavy atom. The topological polar surface area (TPSA) is 61.4 Å². The Morgan fingerprint density at radius 2 is 2.28 bits per heavy atom. The van der Waals surface area contributed by atoms with Crippen LogP contribution in [0.1, 0.15) is 12.8 Å². The Hall–Kier alpha value is -0.780. The average Bonchev–Trinajstić information content (AvgIpc) is 2.35. The highest BCUT2D eigenvalue weighted by molar-refractivity contribution is 9.10. The third-order valence-corrected chi connectivity index (χ3v) is 3.38. The van der Waals surface area contributed by atoms with Crippen LogP contribution in [0.15, 0.2) is 22.7 Å². The number of hydrogen-bond acceptors (Lipinski definition) is 3. The number of nitrogens with one attached hydrogen (secondary N) is 2. The van der Waals surface area contributed by atoms with Gasteiger partial charge in [0, 0.05) is 11.0 Å². The number of aromatic hydroxyl groups is 1. The molecule has 1 heterocycles. The number of phenolic OH excluding ortho intramolecular Hbond substituents is 1. The van der Waals surface area contributed by atoms with Gasteiger partial charge >= 0.3 is 0 Å². The van der Waals surface area contributed by atoms with E-state index in [9.17, 15) is 9.90 Å². The summed E-state index contributed by atoms with van der Waals surface area (Å²) >= 11 is 3.31. The van der Waals surface area contributed by atoms with Gasteiger partial charge in [0.25, 0.3) is 0 Å². The number of piperidine rings is 1. The van der Waals surface area contributed by atoms with Crippen molar-refractivity contribution >= 4 is 39.9 Å². The molecule has 0 spiro atoms. The van der Waals surface area contributed by atoms with Crippen molar-refractivity contribution < 1.29 is 9.90 Å². The maximum atomic E-state index is 12.0. The fraction of sp³-hybridized carbons (Fsp3) is 0.417. The Kier molecular flexibility index (Phi) is 5.91. The summed E-state index contributed by atoms with van der Waals surface area (Å²) in [5.41, 5.74) is 0.454. The van der Waals surface area contributed by atoms with E-state index < -0.39 is 0 Å². The molecule has 1 atom stereocenters. The second-order valence-electron chi connectivity index (χ2n) is 4.19. The average molecular weight is 336 g/mol. The molecule has 3 N–H and O–H groups in total. The number of rotatable bonds is 2. The predicted octanol–water partition coefficient (Wildman–Crippen LogP) is 2.51. The molecule has 0 aromatic heterocycles. The lowest BCUT2D eigenvalue weighted by atomic mass is 9.99. The van der Waals surface area contributed by atoms with Gasteiger partial charge in [-0.15, -0.1) is 12.4 Å². The van der Waals surface area contributed by atoms with Gasteiger partial charge in [0.2, 0.25) is 5.91 Å². The number of benzene rings is 1. The van der Waals surface area contributed by atoms with Gasteiger partial charge in [0.15, 0.2) is 0 Å². The van der Waals surface area contributed by atoms with E-state index in [0.29, 0.717) is 12.2 Å². The maximum Gasteiger partial charge on any atom is 0.228 e. The van der Waals surface area contributed by atoms with E-state index in [1.54, 1.807) is 18.2 Å². The molecule has 0 bridgehead atoms. The monoisotopic (exact) mass is 334 g/mol. The molecule has 1 aromatic carbocycles. The van der Waals surface area contributed by atoms with Crippen molar-refractivity contribution in [2.75, 3.05) is 18.4 Å². The molecule has 4 nitrogen and oxygen atoms in total. The summed E-state index contributed by atoms with van der Waals surface area (Å²) in [7, 11) is 0. The van der Waals surface area contributed by atoms with Crippen molar-refractivity contribution in [3.63, 3.8) is 0 Å². The number of amides is 1. The molecular weight excluding hydrogens is 320 g/mol. The summed E-state index contributed by atoms with van der Waals surface area (Å²) in [5, 5.41) is 15.6. The van der Waals surface area contributed by atoms with E-state index in [4.69, 9.17) is 0 Å². The molecule has 100 valence electrons. The Balaban J connectivity index is 0.00000162. The van der Waals surface area contributed by atoms with Crippen molar-refractivity contribution in [2.24, 2.45) is 5.92 Å². The van der Waals surface area contributed by atoms with Gasteiger partial charge in [-0.2, -0.15) is 0 Å². The minimum atomic E-state index is -0.0365. The van der Waals surface area contributed by atoms with Crippen molar-refractivity contribution in [3.05, 3.63) is 22.7 Å². The predicted molar refractivity (Wildman–Crippen MR) is 77.3 cm³/mol. The van der Waals surface area contributed by atoms with Crippen LogP contribution in [0.4, 0.5) is 5.69 Å². The highest BCUT2D eigenvalue weighted by Crippen LogP contribution is 2.27. The number of halogens is 2. The van der Waals surface area contributed by atoms with Crippen LogP contribution >= 0.6 is 28.3 Å². The molecule has 1 aliphatic heterocycles. The summed E-state index contributed by atoms with van der Waals surface area (Å²) in [5.74, 6) is 0.0399. The Labute approximate surface area is 121 Å². The van der Waals surface area contributed by atoms with E-state index in [1.165, 1.54) is 0 Å². The van der Waals surface area contributed by atoms with Gasteiger partial charge in [-0.1, -0.05) is 15.9 Å². The van der Waals surface area contributed by atoms with Crippen LogP contribution in [0, 0.1) is 5.92 Å². The molecule has 1 aromatic rings. The first-order chi connectivity index (χ1) is 8.16. The molecule has 6 heteroatoms. The zero-order chi connectivity index (χ0) is 12.3. The molecule has 1 aliphatic rings. The summed E-state index contributed by atoms with van der Waals surface area (Å²) in [6, 6.07) is 4.98. The van der Waals surface area contributed by atoms with Gasteiger partial charge < -0.3 is 15.7 Å². The first-order valence-corrected chi connectivity index (χ1v) is 6.46. The summed E-state index contributed by atoms with van der Waals surface area (Å²) in [4.78, 5) is 12.0. The van der Waals surface area contributed by atoms with Crippen LogP contribution in [0.5, 0.6) is 5.75 Å². The summed E-state index contributed by atoms with van der Waals surface area (Å²) in [6.45, 7) is 1.69. The minimum Gasteiger partial charge on any atom is -0.506 e. The fourth-order valence-corrected chi connectivity index (χ4v) is 2.28. The maximum absolute atomic E-state index is 12.0. The highest BCUT2D eigenvalue weighted by atomic mass is 79.9. The number of carbonyl (C=O) groups excluding carboxylic acids is 1. The SMILES string of the molecule is Cl.O=C(Nc1cc(Br)ccc1O)[C@@H]1CCCNC1. The zero-order valence-corrected chi connectivity index (χ0v) is 12.2. The number of phenols is 1. The lowest BCUT2D eigenvalue weighted by molar-refractivity contribution is -0.120. The van der Waals surface area contributed by atoms with Gasteiger partial charge in [-0.05, 0) is 37.6 Å². The normalized spacial score (nSPS) is 18.8. The van der Waals surface area contributed by atoms with Crippen molar-refractivity contribution in [1.82, 2.24) is 5.32 Å². The van der Waals surface area contributed by atoms with Crippen molar-refractivity contribution in [1.29, 1.82) is 0 Å². The summed E-state index contributed by atoms with van der Waals surface area (Å²) < 4.78 is 0.826. The Bertz CT molecular complexity index is 423. The van der Waals surface area contributed by atoms with Crippen LogP contribution in [-0.2, 0) is 4.79 Å². The van der Waals surface area contributed by atoms with Gasteiger partial charge in [-0.25, -0.2) is 0 Å². The molecule has 1 saturated heterocycles. The second-order valence-corrected chi connectivity index (χ2v) is 5.11. The second kappa shape index (κ2) is 6.97. The van der Waals surface area contributed by atoms with E-state index in [2.05, 4.69) is 26.6 Å². The van der Waals surface area contributed by atoms with Crippen LogP contribution in [-0.4, -0.2) is 24.1 Å². The first-order valence-electron chi connectivity index (χ1n) is 5.67. The fourth-order valence-electron chi connectivity index (χ4n) is 1.92. The molecular formula is C12H16BrClN2O2. The largest absolute Gasteiger partial charge is 0.506 e. The van der Waals surface area contributed by atoms with E-state index in [0.717, 1.165) is 23.9 Å². The number of hydrogen-bond donors (Lipinski definition) is 3. The molecule has 0 saturated carbocycles. The quantitative estimate of drug-likeness (QED) is 0.728. The molecule has 0 radical (unpaired) electrons. The number of carbonyl (C=O) groups is 1. The van der Waals surface area contributed by atoms with Gasteiger partial charge in [0.1, 0.15) is 5.75 Å². The molecule has 2 rings (SSSR count). The van der Waals surface area contributed by atoms with E-state index in [1.807, 2.05) is 0 Å². The third-order valence-electron chi connectivity index (χ3n) is 2.88. The smallest absolute Gasteiger partial charge is 0.228 e. The lowest BCUT2D eigenvalue weighted by Crippen LogP contribution is -2.37. The van der Waals surface area contributed by atoms with Crippen molar-refractivity contribution in [3.8, 4) is 5.75 Å². The summed E-state index contributed by atoms with van der Waals surface area (Å²) in [6.07, 6.45) is 1.91. The standard InChI is InChI=1S/C12H15BrN2O2.ClH/c13-9-3-4-11(16)10(6-9)15-12(17)8-2-1-5-14-7-8;/h3-4,6,8,14,16H,1-2,5,7H2,(H,15,17);1H/t8-;/m1./s1. The number of anilines is 1. The molecule has 1 amide bonds. The molecule has 0 unspecified atom stereocenters. The zero-order valence-electron chi connectivity index (χ0n) is 9.78. The highest BCUT2D eigenvalue weighted by Gasteiger charge is 2.21. The molecule has 18 heavy (non-hydrogen) atoms. The van der Waals surface area contributed by atoms with E-state index in [-0.39, 0.29) is 30.0 Å². The lowest BCUT2D eigenvalue weighted by Gasteiger charge is -2.22.